The fourth-order valence-corrected chi connectivity index (χ4v) is 2.13. The van der Waals surface area contributed by atoms with Gasteiger partial charge >= 0.3 is 0 Å². The fourth-order valence-electron chi connectivity index (χ4n) is 2.13. The topological polar surface area (TPSA) is 51.8 Å². The Morgan fingerprint density at radius 1 is 0.857 bits per heavy atom. The maximum absolute atomic E-state index is 13.8. The Morgan fingerprint density at radius 2 is 1.57 bits per heavy atom. The number of halogens is 3. The zero-order valence-electron chi connectivity index (χ0n) is 10.7. The molecule has 3 rings (SSSR count). The molecule has 1 unspecified atom stereocenters. The van der Waals surface area contributed by atoms with Crippen LogP contribution in [0.25, 0.3) is 11.0 Å². The molecule has 106 valence electrons. The van der Waals surface area contributed by atoms with Crippen LogP contribution in [0.4, 0.5) is 13.2 Å². The first-order valence-corrected chi connectivity index (χ1v) is 6.17. The van der Waals surface area contributed by atoms with Crippen LogP contribution in [0.3, 0.4) is 0 Å². The van der Waals surface area contributed by atoms with Gasteiger partial charge in [-0.25, -0.2) is 13.2 Å². The van der Waals surface area contributed by atoms with Gasteiger partial charge in [0, 0.05) is 18.0 Å². The van der Waals surface area contributed by atoms with Crippen LogP contribution in [0, 0.1) is 17.5 Å². The van der Waals surface area contributed by atoms with Gasteiger partial charge in [-0.05, 0) is 23.8 Å². The molecule has 21 heavy (non-hydrogen) atoms. The highest BCUT2D eigenvalue weighted by atomic mass is 19.2. The molecule has 3 aromatic rings. The molecule has 6 heteroatoms. The molecule has 1 heterocycles. The summed E-state index contributed by atoms with van der Waals surface area (Å²) in [4.78, 5) is 8.24. The summed E-state index contributed by atoms with van der Waals surface area (Å²) in [5, 5.41) is 0. The molecular weight excluding hydrogens is 279 g/mol. The van der Waals surface area contributed by atoms with Crippen molar-refractivity contribution in [3.05, 3.63) is 71.3 Å². The van der Waals surface area contributed by atoms with Gasteiger partial charge < -0.3 is 5.73 Å². The third-order valence-electron chi connectivity index (χ3n) is 3.25. The highest BCUT2D eigenvalue weighted by Gasteiger charge is 2.19. The lowest BCUT2D eigenvalue weighted by Crippen LogP contribution is -2.15. The van der Waals surface area contributed by atoms with Crippen molar-refractivity contribution >= 4 is 11.0 Å². The highest BCUT2D eigenvalue weighted by molar-refractivity contribution is 5.74. The quantitative estimate of drug-likeness (QED) is 0.738. The number of rotatable bonds is 2. The van der Waals surface area contributed by atoms with Crippen molar-refractivity contribution in [1.82, 2.24) is 9.97 Å². The molecule has 1 aromatic heterocycles. The smallest absolute Gasteiger partial charge is 0.194 e. The molecule has 2 aromatic carbocycles. The third-order valence-corrected chi connectivity index (χ3v) is 3.25. The van der Waals surface area contributed by atoms with E-state index in [1.165, 1.54) is 6.20 Å². The van der Waals surface area contributed by atoms with Crippen LogP contribution in [0.5, 0.6) is 0 Å². The molecule has 0 amide bonds. The molecule has 3 nitrogen and oxygen atoms in total. The summed E-state index contributed by atoms with van der Waals surface area (Å²) < 4.78 is 40.0. The number of fused-ring (bicyclic) bond motifs is 1. The van der Waals surface area contributed by atoms with E-state index in [1.807, 2.05) is 0 Å². The second-order valence-corrected chi connectivity index (χ2v) is 4.55. The van der Waals surface area contributed by atoms with Crippen molar-refractivity contribution in [2.24, 2.45) is 5.73 Å². The van der Waals surface area contributed by atoms with Gasteiger partial charge in [0.05, 0.1) is 17.1 Å². The maximum atomic E-state index is 13.8. The van der Waals surface area contributed by atoms with Crippen LogP contribution in [-0.2, 0) is 0 Å². The predicted molar refractivity (Wildman–Crippen MR) is 71.9 cm³/mol. The lowest BCUT2D eigenvalue weighted by atomic mass is 9.98. The Labute approximate surface area is 118 Å². The monoisotopic (exact) mass is 289 g/mol. The molecule has 0 saturated heterocycles. The molecule has 2 N–H and O–H groups in total. The van der Waals surface area contributed by atoms with Crippen molar-refractivity contribution in [2.75, 3.05) is 0 Å². The van der Waals surface area contributed by atoms with E-state index in [2.05, 4.69) is 9.97 Å². The zero-order valence-corrected chi connectivity index (χ0v) is 10.7. The summed E-state index contributed by atoms with van der Waals surface area (Å²) in [6, 6.07) is 6.06. The minimum absolute atomic E-state index is 0.114. The molecule has 0 aliphatic carbocycles. The van der Waals surface area contributed by atoms with Gasteiger partial charge in [0.1, 0.15) is 0 Å². The molecule has 0 aliphatic rings. The van der Waals surface area contributed by atoms with Gasteiger partial charge in [0.15, 0.2) is 17.5 Å². The second kappa shape index (κ2) is 5.14. The zero-order chi connectivity index (χ0) is 15.0. The SMILES string of the molecule is NC(c1ccc2nccnc2c1)c1ccc(F)c(F)c1F. The van der Waals surface area contributed by atoms with Crippen LogP contribution in [0.1, 0.15) is 17.2 Å². The Balaban J connectivity index is 2.08. The standard InChI is InChI=1S/C15H10F3N3/c16-10-3-2-9(13(17)14(10)18)15(19)8-1-4-11-12(7-8)21-6-5-20-11/h1-7,15H,19H2. The van der Waals surface area contributed by atoms with E-state index >= 15 is 0 Å². The summed E-state index contributed by atoms with van der Waals surface area (Å²) in [7, 11) is 0. The van der Waals surface area contributed by atoms with Gasteiger partial charge in [0.25, 0.3) is 0 Å². The first-order chi connectivity index (χ1) is 10.1. The Morgan fingerprint density at radius 3 is 2.33 bits per heavy atom. The van der Waals surface area contributed by atoms with Crippen molar-refractivity contribution in [2.45, 2.75) is 6.04 Å². The number of benzene rings is 2. The van der Waals surface area contributed by atoms with Crippen LogP contribution >= 0.6 is 0 Å². The number of aromatic nitrogens is 2. The van der Waals surface area contributed by atoms with Crippen LogP contribution in [0.2, 0.25) is 0 Å². The van der Waals surface area contributed by atoms with E-state index in [4.69, 9.17) is 5.73 Å². The summed E-state index contributed by atoms with van der Waals surface area (Å²) in [6.45, 7) is 0. The van der Waals surface area contributed by atoms with Crippen molar-refractivity contribution in [1.29, 1.82) is 0 Å². The molecule has 0 fully saturated rings. The van der Waals surface area contributed by atoms with Crippen LogP contribution < -0.4 is 5.73 Å². The number of hydrogen-bond acceptors (Lipinski definition) is 3. The maximum Gasteiger partial charge on any atom is 0.194 e. The Kier molecular flexibility index (Phi) is 3.31. The Bertz CT molecular complexity index is 820. The van der Waals surface area contributed by atoms with E-state index in [0.29, 0.717) is 16.6 Å². The van der Waals surface area contributed by atoms with Gasteiger partial charge in [-0.2, -0.15) is 0 Å². The molecule has 0 aliphatic heterocycles. The number of hydrogen-bond donors (Lipinski definition) is 1. The highest BCUT2D eigenvalue weighted by Crippen LogP contribution is 2.26. The molecule has 0 spiro atoms. The lowest BCUT2D eigenvalue weighted by Gasteiger charge is -2.14. The van der Waals surface area contributed by atoms with E-state index in [-0.39, 0.29) is 5.56 Å². The van der Waals surface area contributed by atoms with E-state index < -0.39 is 23.5 Å². The first-order valence-electron chi connectivity index (χ1n) is 6.17. The van der Waals surface area contributed by atoms with Crippen molar-refractivity contribution in [3.8, 4) is 0 Å². The average molecular weight is 289 g/mol. The van der Waals surface area contributed by atoms with Gasteiger partial charge in [-0.1, -0.05) is 12.1 Å². The van der Waals surface area contributed by atoms with Gasteiger partial charge in [-0.3, -0.25) is 9.97 Å². The molecule has 0 saturated carbocycles. The molecule has 0 bridgehead atoms. The van der Waals surface area contributed by atoms with Crippen LogP contribution in [0.15, 0.2) is 42.7 Å². The largest absolute Gasteiger partial charge is 0.320 e. The molecular formula is C15H10F3N3. The van der Waals surface area contributed by atoms with Crippen molar-refractivity contribution in [3.63, 3.8) is 0 Å². The van der Waals surface area contributed by atoms with E-state index in [1.54, 1.807) is 24.4 Å². The first kappa shape index (κ1) is 13.5. The minimum Gasteiger partial charge on any atom is -0.320 e. The number of nitrogens with zero attached hydrogens (tertiary/aromatic N) is 2. The fraction of sp³-hybridized carbons (Fsp3) is 0.0667. The summed E-state index contributed by atoms with van der Waals surface area (Å²) >= 11 is 0. The number of nitrogens with two attached hydrogens (primary N) is 1. The van der Waals surface area contributed by atoms with Gasteiger partial charge in [0.2, 0.25) is 0 Å². The van der Waals surface area contributed by atoms with E-state index in [9.17, 15) is 13.2 Å². The molecule has 0 radical (unpaired) electrons. The Hall–Kier alpha value is -2.47. The summed E-state index contributed by atoms with van der Waals surface area (Å²) in [5.74, 6) is -4.04. The second-order valence-electron chi connectivity index (χ2n) is 4.55. The van der Waals surface area contributed by atoms with Gasteiger partial charge in [-0.15, -0.1) is 0 Å². The third kappa shape index (κ3) is 2.34. The minimum atomic E-state index is -1.52. The van der Waals surface area contributed by atoms with Crippen molar-refractivity contribution < 1.29 is 13.2 Å². The average Bonchev–Trinajstić information content (AvgIpc) is 2.52. The van der Waals surface area contributed by atoms with Crippen LogP contribution in [-0.4, -0.2) is 9.97 Å². The summed E-state index contributed by atoms with van der Waals surface area (Å²) in [6.07, 6.45) is 3.08. The normalized spacial score (nSPS) is 12.6. The molecule has 1 atom stereocenters. The predicted octanol–water partition coefficient (Wildman–Crippen LogP) is 3.10. The van der Waals surface area contributed by atoms with E-state index in [0.717, 1.165) is 12.1 Å². The summed E-state index contributed by atoms with van der Waals surface area (Å²) in [5.41, 5.74) is 7.63. The lowest BCUT2D eigenvalue weighted by molar-refractivity contribution is 0.438.